The van der Waals surface area contributed by atoms with Crippen LogP contribution in [-0.4, -0.2) is 70.6 Å². The summed E-state index contributed by atoms with van der Waals surface area (Å²) < 4.78 is 13.2. The monoisotopic (exact) mass is 387 g/mol. The number of nitrogens with zero attached hydrogens (tertiary/aromatic N) is 6. The number of hydrogen-bond acceptors (Lipinski definition) is 8. The van der Waals surface area contributed by atoms with Gasteiger partial charge >= 0.3 is 0 Å². The second kappa shape index (κ2) is 7.92. The lowest BCUT2D eigenvalue weighted by atomic mass is 10.1. The number of aromatic nitrogens is 4. The van der Waals surface area contributed by atoms with Crippen molar-refractivity contribution in [1.82, 2.24) is 24.6 Å². The zero-order chi connectivity index (χ0) is 19.7. The fourth-order valence-corrected chi connectivity index (χ4v) is 4.03. The molecule has 2 N–H and O–H groups in total. The maximum absolute atomic E-state index is 5.94. The van der Waals surface area contributed by atoms with E-state index in [4.69, 9.17) is 15.2 Å². The van der Waals surface area contributed by atoms with Gasteiger partial charge in [0.15, 0.2) is 0 Å². The lowest BCUT2D eigenvalue weighted by molar-refractivity contribution is 0.0627. The molecule has 0 spiro atoms. The van der Waals surface area contributed by atoms with Crippen LogP contribution in [0.5, 0.6) is 5.88 Å². The summed E-state index contributed by atoms with van der Waals surface area (Å²) in [5, 5.41) is 4.48. The third-order valence-corrected chi connectivity index (χ3v) is 5.34. The summed E-state index contributed by atoms with van der Waals surface area (Å²) in [6.45, 7) is 9.37. The van der Waals surface area contributed by atoms with Crippen LogP contribution in [0.1, 0.15) is 25.5 Å². The van der Waals surface area contributed by atoms with E-state index >= 15 is 0 Å². The van der Waals surface area contributed by atoms with Gasteiger partial charge in [0, 0.05) is 56.0 Å². The third kappa shape index (κ3) is 4.05. The molecule has 0 unspecified atom stereocenters. The number of nitrogens with two attached hydrogens (primary N) is 1. The smallest absolute Gasteiger partial charge is 0.225 e. The number of nitrogen functional groups attached to an aromatic ring is 1. The fraction of sp³-hybridized carbons (Fsp3) is 0.632. The second-order valence-corrected chi connectivity index (χ2v) is 7.95. The van der Waals surface area contributed by atoms with Gasteiger partial charge in [-0.25, -0.2) is 0 Å². The first kappa shape index (κ1) is 18.9. The molecule has 2 bridgehead atoms. The lowest BCUT2D eigenvalue weighted by Gasteiger charge is -2.31. The lowest BCUT2D eigenvalue weighted by Crippen LogP contribution is -2.44. The summed E-state index contributed by atoms with van der Waals surface area (Å²) in [5.41, 5.74) is 7.14. The van der Waals surface area contributed by atoms with Crippen LogP contribution < -0.4 is 15.4 Å². The predicted molar refractivity (Wildman–Crippen MR) is 106 cm³/mol. The molecule has 2 atom stereocenters. The highest BCUT2D eigenvalue weighted by atomic mass is 16.5. The number of fused-ring (bicyclic) bond motifs is 3. The molecule has 152 valence electrons. The van der Waals surface area contributed by atoms with Crippen molar-refractivity contribution in [3.63, 3.8) is 0 Å². The zero-order valence-corrected chi connectivity index (χ0v) is 16.8. The molecular weight excluding hydrogens is 358 g/mol. The normalized spacial score (nSPS) is 23.1. The summed E-state index contributed by atoms with van der Waals surface area (Å²) in [7, 11) is 1.59. The van der Waals surface area contributed by atoms with Gasteiger partial charge in [-0.1, -0.05) is 0 Å². The van der Waals surface area contributed by atoms with Gasteiger partial charge in [-0.3, -0.25) is 9.58 Å². The highest BCUT2D eigenvalue weighted by Crippen LogP contribution is 2.27. The van der Waals surface area contributed by atoms with Crippen molar-refractivity contribution in [2.45, 2.75) is 32.5 Å². The maximum atomic E-state index is 5.94. The van der Waals surface area contributed by atoms with Crippen LogP contribution in [0.25, 0.3) is 0 Å². The predicted octanol–water partition coefficient (Wildman–Crippen LogP) is 1.18. The molecule has 9 nitrogen and oxygen atoms in total. The Bertz CT molecular complexity index is 809. The minimum Gasteiger partial charge on any atom is -0.481 e. The average Bonchev–Trinajstić information content (AvgIpc) is 2.93. The molecule has 2 aliphatic heterocycles. The first-order valence-electron chi connectivity index (χ1n) is 9.80. The SMILES string of the molecule is COc1cc(N2C[C@H]3COC[C@@H]2CN(Cc2cnn(C(C)C)c2)C3)nc(N)n1. The number of ether oxygens (including phenoxy) is 2. The Morgan fingerprint density at radius 2 is 2.11 bits per heavy atom. The molecule has 0 aromatic carbocycles. The standard InChI is InChI=1S/C19H29N7O2/c1-13(2)26-9-14(5-21-26)6-24-7-15-8-25(16(10-24)12-28-11-15)17-4-18(27-3)23-19(20)22-17/h4-5,9,13,15-16H,6-8,10-12H2,1-3H3,(H2,20,22,23)/t15-,16-/m0/s1. The van der Waals surface area contributed by atoms with Crippen LogP contribution in [0.15, 0.2) is 18.5 Å². The van der Waals surface area contributed by atoms with E-state index in [0.29, 0.717) is 24.4 Å². The zero-order valence-electron chi connectivity index (χ0n) is 16.8. The van der Waals surface area contributed by atoms with Gasteiger partial charge in [-0.15, -0.1) is 0 Å². The third-order valence-electron chi connectivity index (χ3n) is 5.34. The van der Waals surface area contributed by atoms with Crippen LogP contribution in [0, 0.1) is 5.92 Å². The highest BCUT2D eigenvalue weighted by molar-refractivity contribution is 5.47. The molecular formula is C19H29N7O2. The van der Waals surface area contributed by atoms with Crippen LogP contribution in [0.3, 0.4) is 0 Å². The van der Waals surface area contributed by atoms with E-state index in [1.807, 2.05) is 16.9 Å². The molecule has 0 saturated carbocycles. The van der Waals surface area contributed by atoms with Gasteiger partial charge in [0.1, 0.15) is 5.82 Å². The van der Waals surface area contributed by atoms with E-state index in [1.165, 1.54) is 5.56 Å². The van der Waals surface area contributed by atoms with Gasteiger partial charge in [-0.05, 0) is 13.8 Å². The summed E-state index contributed by atoms with van der Waals surface area (Å²) in [5.74, 6) is 1.92. The van der Waals surface area contributed by atoms with E-state index in [0.717, 1.165) is 38.6 Å². The fourth-order valence-electron chi connectivity index (χ4n) is 4.03. The summed E-state index contributed by atoms with van der Waals surface area (Å²) >= 11 is 0. The Labute approximate surface area is 165 Å². The van der Waals surface area contributed by atoms with Crippen LogP contribution >= 0.6 is 0 Å². The van der Waals surface area contributed by atoms with Crippen molar-refractivity contribution >= 4 is 11.8 Å². The van der Waals surface area contributed by atoms with Gasteiger partial charge in [0.2, 0.25) is 11.8 Å². The van der Waals surface area contributed by atoms with Crippen molar-refractivity contribution in [2.24, 2.45) is 5.92 Å². The first-order chi connectivity index (χ1) is 13.5. The number of hydrogen-bond donors (Lipinski definition) is 1. The Morgan fingerprint density at radius 1 is 1.25 bits per heavy atom. The average molecular weight is 387 g/mol. The Balaban J connectivity index is 1.54. The minimum atomic E-state index is 0.201. The minimum absolute atomic E-state index is 0.201. The van der Waals surface area contributed by atoms with Crippen molar-refractivity contribution < 1.29 is 9.47 Å². The number of rotatable bonds is 5. The van der Waals surface area contributed by atoms with E-state index in [9.17, 15) is 0 Å². The molecule has 4 heterocycles. The molecule has 9 heteroatoms. The summed E-state index contributed by atoms with van der Waals surface area (Å²) in [4.78, 5) is 13.4. The molecule has 0 radical (unpaired) electrons. The van der Waals surface area contributed by atoms with Gasteiger partial charge in [0.05, 0.1) is 32.6 Å². The van der Waals surface area contributed by atoms with Gasteiger partial charge in [0.25, 0.3) is 0 Å². The maximum Gasteiger partial charge on any atom is 0.225 e. The highest BCUT2D eigenvalue weighted by Gasteiger charge is 2.34. The van der Waals surface area contributed by atoms with E-state index in [-0.39, 0.29) is 12.0 Å². The van der Waals surface area contributed by atoms with Gasteiger partial charge < -0.3 is 20.1 Å². The van der Waals surface area contributed by atoms with E-state index in [2.05, 4.69) is 44.9 Å². The van der Waals surface area contributed by atoms with E-state index in [1.54, 1.807) is 7.11 Å². The molecule has 2 saturated heterocycles. The molecule has 2 fully saturated rings. The molecule has 0 aliphatic carbocycles. The van der Waals surface area contributed by atoms with Crippen molar-refractivity contribution in [3.05, 3.63) is 24.0 Å². The molecule has 2 aliphatic rings. The summed E-state index contributed by atoms with van der Waals surface area (Å²) in [6, 6.07) is 2.43. The Morgan fingerprint density at radius 3 is 2.86 bits per heavy atom. The molecule has 2 aromatic heterocycles. The number of anilines is 2. The van der Waals surface area contributed by atoms with E-state index < -0.39 is 0 Å². The van der Waals surface area contributed by atoms with Crippen LogP contribution in [0.2, 0.25) is 0 Å². The van der Waals surface area contributed by atoms with Crippen LogP contribution in [-0.2, 0) is 11.3 Å². The topological polar surface area (TPSA) is 94.6 Å². The van der Waals surface area contributed by atoms with Crippen molar-refractivity contribution in [3.8, 4) is 5.88 Å². The van der Waals surface area contributed by atoms with Crippen molar-refractivity contribution in [2.75, 3.05) is 50.6 Å². The van der Waals surface area contributed by atoms with Crippen LogP contribution in [0.4, 0.5) is 11.8 Å². The molecule has 2 aromatic rings. The largest absolute Gasteiger partial charge is 0.481 e. The molecule has 28 heavy (non-hydrogen) atoms. The Hall–Kier alpha value is -2.39. The second-order valence-electron chi connectivity index (χ2n) is 7.95. The first-order valence-corrected chi connectivity index (χ1v) is 9.80. The summed E-state index contributed by atoms with van der Waals surface area (Å²) in [6.07, 6.45) is 4.13. The Kier molecular flexibility index (Phi) is 5.36. The number of methoxy groups -OCH3 is 1. The molecule has 4 rings (SSSR count). The molecule has 0 amide bonds. The quantitative estimate of drug-likeness (QED) is 0.817. The van der Waals surface area contributed by atoms with Crippen molar-refractivity contribution in [1.29, 1.82) is 0 Å². The van der Waals surface area contributed by atoms with Gasteiger partial charge in [-0.2, -0.15) is 15.1 Å².